The van der Waals surface area contributed by atoms with Gasteiger partial charge in [-0.15, -0.1) is 11.8 Å². The SMILES string of the molecule is CN1CCN2c3ncccc3SCC[C@@H]2C1. The number of likely N-dealkylation sites (N-methyl/N-ethyl adjacent to an activating group) is 1. The number of nitrogens with zero attached hydrogens (tertiary/aromatic N) is 3. The molecule has 4 heteroatoms. The zero-order valence-electron chi connectivity index (χ0n) is 9.59. The second kappa shape index (κ2) is 4.26. The van der Waals surface area contributed by atoms with Gasteiger partial charge in [0, 0.05) is 42.5 Å². The number of thioether (sulfide) groups is 1. The van der Waals surface area contributed by atoms with E-state index >= 15 is 0 Å². The smallest absolute Gasteiger partial charge is 0.142 e. The lowest BCUT2D eigenvalue weighted by molar-refractivity contribution is 0.263. The van der Waals surface area contributed by atoms with Crippen molar-refractivity contribution in [3.63, 3.8) is 0 Å². The highest BCUT2D eigenvalue weighted by Crippen LogP contribution is 2.35. The van der Waals surface area contributed by atoms with Gasteiger partial charge in [-0.25, -0.2) is 4.98 Å². The second-order valence-electron chi connectivity index (χ2n) is 4.57. The van der Waals surface area contributed by atoms with Crippen LogP contribution >= 0.6 is 11.8 Å². The molecule has 86 valence electrons. The van der Waals surface area contributed by atoms with Crippen molar-refractivity contribution in [2.75, 3.05) is 37.3 Å². The van der Waals surface area contributed by atoms with E-state index in [0.29, 0.717) is 6.04 Å². The first-order chi connectivity index (χ1) is 7.84. The van der Waals surface area contributed by atoms with Crippen LogP contribution in [0.1, 0.15) is 6.42 Å². The summed E-state index contributed by atoms with van der Waals surface area (Å²) in [6.07, 6.45) is 3.19. The Morgan fingerprint density at radius 2 is 2.38 bits per heavy atom. The molecule has 0 aromatic carbocycles. The molecule has 0 spiro atoms. The van der Waals surface area contributed by atoms with Crippen molar-refractivity contribution >= 4 is 17.6 Å². The topological polar surface area (TPSA) is 19.4 Å². The Morgan fingerprint density at radius 1 is 1.44 bits per heavy atom. The van der Waals surface area contributed by atoms with Gasteiger partial charge < -0.3 is 9.80 Å². The monoisotopic (exact) mass is 235 g/mol. The van der Waals surface area contributed by atoms with E-state index in [2.05, 4.69) is 27.9 Å². The highest BCUT2D eigenvalue weighted by atomic mass is 32.2. The average Bonchev–Trinajstić information content (AvgIpc) is 2.47. The predicted octanol–water partition coefficient (Wildman–Crippen LogP) is 1.70. The summed E-state index contributed by atoms with van der Waals surface area (Å²) in [4.78, 5) is 10.9. The molecular weight excluding hydrogens is 218 g/mol. The fourth-order valence-electron chi connectivity index (χ4n) is 2.55. The zero-order chi connectivity index (χ0) is 11.0. The summed E-state index contributed by atoms with van der Waals surface area (Å²) in [5.41, 5.74) is 0. The molecular formula is C12H17N3S. The van der Waals surface area contributed by atoms with Crippen LogP contribution in [0.5, 0.6) is 0 Å². The number of anilines is 1. The molecule has 1 atom stereocenters. The highest BCUT2D eigenvalue weighted by molar-refractivity contribution is 7.99. The van der Waals surface area contributed by atoms with Crippen LogP contribution in [0.25, 0.3) is 0 Å². The van der Waals surface area contributed by atoms with Gasteiger partial charge in [0.1, 0.15) is 5.82 Å². The van der Waals surface area contributed by atoms with Crippen molar-refractivity contribution in [1.29, 1.82) is 0 Å². The predicted molar refractivity (Wildman–Crippen MR) is 68.2 cm³/mol. The van der Waals surface area contributed by atoms with E-state index < -0.39 is 0 Å². The van der Waals surface area contributed by atoms with E-state index in [0.717, 1.165) is 13.1 Å². The molecule has 1 saturated heterocycles. The highest BCUT2D eigenvalue weighted by Gasteiger charge is 2.29. The van der Waals surface area contributed by atoms with Gasteiger partial charge in [0.2, 0.25) is 0 Å². The van der Waals surface area contributed by atoms with Crippen molar-refractivity contribution in [3.8, 4) is 0 Å². The van der Waals surface area contributed by atoms with E-state index in [-0.39, 0.29) is 0 Å². The molecule has 0 saturated carbocycles. The van der Waals surface area contributed by atoms with E-state index in [1.165, 1.54) is 29.4 Å². The van der Waals surface area contributed by atoms with Gasteiger partial charge in [-0.05, 0) is 25.6 Å². The Bertz CT molecular complexity index is 382. The van der Waals surface area contributed by atoms with E-state index in [9.17, 15) is 0 Å². The van der Waals surface area contributed by atoms with Gasteiger partial charge >= 0.3 is 0 Å². The second-order valence-corrected chi connectivity index (χ2v) is 5.71. The molecule has 16 heavy (non-hydrogen) atoms. The first-order valence-corrected chi connectivity index (χ1v) is 6.86. The molecule has 1 aromatic heterocycles. The number of hydrogen-bond donors (Lipinski definition) is 0. The fourth-order valence-corrected chi connectivity index (χ4v) is 3.64. The van der Waals surface area contributed by atoms with E-state index in [1.807, 2.05) is 24.0 Å². The maximum Gasteiger partial charge on any atom is 0.142 e. The molecule has 0 bridgehead atoms. The first kappa shape index (κ1) is 10.4. The molecule has 0 radical (unpaired) electrons. The van der Waals surface area contributed by atoms with Crippen LogP contribution in [-0.4, -0.2) is 48.4 Å². The molecule has 0 unspecified atom stereocenters. The van der Waals surface area contributed by atoms with Crippen molar-refractivity contribution in [1.82, 2.24) is 9.88 Å². The van der Waals surface area contributed by atoms with Gasteiger partial charge in [-0.1, -0.05) is 0 Å². The van der Waals surface area contributed by atoms with Crippen LogP contribution in [-0.2, 0) is 0 Å². The van der Waals surface area contributed by atoms with Crippen LogP contribution in [0.2, 0.25) is 0 Å². The normalized spacial score (nSPS) is 25.8. The Labute approximate surface area is 101 Å². The molecule has 0 amide bonds. The fraction of sp³-hybridized carbons (Fsp3) is 0.583. The third-order valence-corrected chi connectivity index (χ3v) is 4.49. The van der Waals surface area contributed by atoms with Gasteiger partial charge in [-0.2, -0.15) is 0 Å². The van der Waals surface area contributed by atoms with Gasteiger partial charge in [0.25, 0.3) is 0 Å². The van der Waals surface area contributed by atoms with Crippen LogP contribution < -0.4 is 4.90 Å². The minimum absolute atomic E-state index is 0.655. The van der Waals surface area contributed by atoms with Crippen molar-refractivity contribution in [2.45, 2.75) is 17.4 Å². The van der Waals surface area contributed by atoms with Gasteiger partial charge in [0.05, 0.1) is 0 Å². The summed E-state index contributed by atoms with van der Waals surface area (Å²) in [7, 11) is 2.22. The molecule has 3 rings (SSSR count). The number of fused-ring (bicyclic) bond motifs is 3. The first-order valence-electron chi connectivity index (χ1n) is 5.87. The summed E-state index contributed by atoms with van der Waals surface area (Å²) < 4.78 is 0. The lowest BCUT2D eigenvalue weighted by Gasteiger charge is -2.40. The summed E-state index contributed by atoms with van der Waals surface area (Å²) in [6, 6.07) is 4.90. The third kappa shape index (κ3) is 1.80. The van der Waals surface area contributed by atoms with E-state index in [1.54, 1.807) is 0 Å². The standard InChI is InChI=1S/C12H17N3S/c1-14-6-7-15-10(9-14)4-8-16-11-3-2-5-13-12(11)15/h2-3,5,10H,4,6-9H2,1H3/t10-/m1/s1. The number of aromatic nitrogens is 1. The number of rotatable bonds is 0. The Balaban J connectivity index is 1.95. The molecule has 3 heterocycles. The van der Waals surface area contributed by atoms with Crippen molar-refractivity contribution < 1.29 is 0 Å². The van der Waals surface area contributed by atoms with Gasteiger partial charge in [-0.3, -0.25) is 0 Å². The minimum Gasteiger partial charge on any atom is -0.350 e. The lowest BCUT2D eigenvalue weighted by atomic mass is 10.1. The maximum absolute atomic E-state index is 4.58. The van der Waals surface area contributed by atoms with Crippen molar-refractivity contribution in [3.05, 3.63) is 18.3 Å². The Kier molecular flexibility index (Phi) is 2.77. The number of piperazine rings is 1. The zero-order valence-corrected chi connectivity index (χ0v) is 10.4. The molecule has 0 N–H and O–H groups in total. The van der Waals surface area contributed by atoms with E-state index in [4.69, 9.17) is 0 Å². The quantitative estimate of drug-likeness (QED) is 0.681. The van der Waals surface area contributed by atoms with Crippen LogP contribution in [0.4, 0.5) is 5.82 Å². The summed E-state index contributed by atoms with van der Waals surface area (Å²) in [6.45, 7) is 3.44. The van der Waals surface area contributed by atoms with Crippen LogP contribution in [0, 0.1) is 0 Å². The van der Waals surface area contributed by atoms with Crippen LogP contribution in [0.15, 0.2) is 23.2 Å². The van der Waals surface area contributed by atoms with Crippen LogP contribution in [0.3, 0.4) is 0 Å². The lowest BCUT2D eigenvalue weighted by Crippen LogP contribution is -2.52. The van der Waals surface area contributed by atoms with Gasteiger partial charge in [0.15, 0.2) is 0 Å². The number of hydrogen-bond acceptors (Lipinski definition) is 4. The summed E-state index contributed by atoms with van der Waals surface area (Å²) >= 11 is 1.95. The molecule has 1 fully saturated rings. The minimum atomic E-state index is 0.655. The molecule has 2 aliphatic heterocycles. The molecule has 0 aliphatic carbocycles. The summed E-state index contributed by atoms with van der Waals surface area (Å²) in [5, 5.41) is 0. The maximum atomic E-state index is 4.58. The molecule has 1 aromatic rings. The Hall–Kier alpha value is -0.740. The third-order valence-electron chi connectivity index (χ3n) is 3.42. The molecule has 3 nitrogen and oxygen atoms in total. The molecule has 2 aliphatic rings. The number of pyridine rings is 1. The average molecular weight is 235 g/mol. The Morgan fingerprint density at radius 3 is 3.31 bits per heavy atom. The summed E-state index contributed by atoms with van der Waals surface area (Å²) in [5.74, 6) is 2.43. The largest absolute Gasteiger partial charge is 0.350 e. The van der Waals surface area contributed by atoms with Crippen molar-refractivity contribution in [2.24, 2.45) is 0 Å².